The number of pyridine rings is 1. The summed E-state index contributed by atoms with van der Waals surface area (Å²) in [6, 6.07) is 16.1. The third-order valence-electron chi connectivity index (χ3n) is 4.19. The van der Waals surface area contributed by atoms with E-state index in [0.717, 1.165) is 21.4 Å². The number of carbonyl (C=O) groups excluding carboxylic acids is 1. The Labute approximate surface area is 159 Å². The van der Waals surface area contributed by atoms with Crippen molar-refractivity contribution in [3.8, 4) is 5.75 Å². The number of ether oxygens (including phenoxy) is 1. The van der Waals surface area contributed by atoms with E-state index in [0.29, 0.717) is 29.8 Å². The van der Waals surface area contributed by atoms with Gasteiger partial charge in [0.25, 0.3) is 5.91 Å². The van der Waals surface area contributed by atoms with E-state index in [1.807, 2.05) is 36.4 Å². The van der Waals surface area contributed by atoms with Gasteiger partial charge in [0.2, 0.25) is 0 Å². The fourth-order valence-corrected chi connectivity index (χ4v) is 3.86. The number of nitrogens with one attached hydrogen (secondary N) is 1. The van der Waals surface area contributed by atoms with Crippen molar-refractivity contribution in [3.63, 3.8) is 0 Å². The molecule has 6 heteroatoms. The van der Waals surface area contributed by atoms with Crippen molar-refractivity contribution in [2.45, 2.75) is 6.42 Å². The maximum absolute atomic E-state index is 13.7. The molecule has 0 saturated carbocycles. The molecule has 0 atom stereocenters. The van der Waals surface area contributed by atoms with Crippen LogP contribution in [0.15, 0.2) is 60.8 Å². The van der Waals surface area contributed by atoms with Crippen LogP contribution in [0.3, 0.4) is 0 Å². The number of carbonyl (C=O) groups is 1. The van der Waals surface area contributed by atoms with Crippen molar-refractivity contribution in [1.82, 2.24) is 10.3 Å². The fourth-order valence-electron chi connectivity index (χ4n) is 2.87. The highest BCUT2D eigenvalue weighted by molar-refractivity contribution is 7.20. The first kappa shape index (κ1) is 17.4. The number of para-hydroxylation sites is 1. The maximum Gasteiger partial charge on any atom is 0.261 e. The van der Waals surface area contributed by atoms with Crippen LogP contribution in [0.1, 0.15) is 16.1 Å². The number of nitrogens with zero attached hydrogens (tertiary/aromatic N) is 1. The van der Waals surface area contributed by atoms with Gasteiger partial charge in [-0.3, -0.25) is 9.78 Å². The minimum absolute atomic E-state index is 0.192. The van der Waals surface area contributed by atoms with E-state index in [1.165, 1.54) is 17.4 Å². The molecule has 2 aromatic heterocycles. The molecule has 4 nitrogen and oxygen atoms in total. The first-order valence-electron chi connectivity index (χ1n) is 8.65. The molecule has 0 aliphatic heterocycles. The Morgan fingerprint density at radius 1 is 1.15 bits per heavy atom. The zero-order chi connectivity index (χ0) is 18.6. The molecule has 1 N–H and O–H groups in total. The van der Waals surface area contributed by atoms with Gasteiger partial charge in [-0.15, -0.1) is 11.3 Å². The van der Waals surface area contributed by atoms with E-state index in [2.05, 4.69) is 10.3 Å². The predicted molar refractivity (Wildman–Crippen MR) is 106 cm³/mol. The van der Waals surface area contributed by atoms with E-state index in [-0.39, 0.29) is 11.7 Å². The van der Waals surface area contributed by atoms with Crippen LogP contribution < -0.4 is 10.1 Å². The first-order valence-corrected chi connectivity index (χ1v) is 9.47. The molecule has 0 fully saturated rings. The van der Waals surface area contributed by atoms with Gasteiger partial charge in [-0.05, 0) is 36.8 Å². The van der Waals surface area contributed by atoms with Gasteiger partial charge in [-0.25, -0.2) is 4.39 Å². The van der Waals surface area contributed by atoms with Crippen molar-refractivity contribution in [3.05, 3.63) is 71.5 Å². The lowest BCUT2D eigenvalue weighted by molar-refractivity contribution is 0.0955. The summed E-state index contributed by atoms with van der Waals surface area (Å²) in [5, 5.41) is 4.37. The van der Waals surface area contributed by atoms with Gasteiger partial charge in [0, 0.05) is 28.2 Å². The summed E-state index contributed by atoms with van der Waals surface area (Å²) in [6.45, 7) is 0.949. The third-order valence-corrected chi connectivity index (χ3v) is 5.29. The quantitative estimate of drug-likeness (QED) is 0.490. The highest BCUT2D eigenvalue weighted by atomic mass is 32.1. The molecule has 27 heavy (non-hydrogen) atoms. The van der Waals surface area contributed by atoms with E-state index in [4.69, 9.17) is 4.74 Å². The van der Waals surface area contributed by atoms with E-state index in [1.54, 1.807) is 18.3 Å². The number of halogens is 1. The highest BCUT2D eigenvalue weighted by Gasteiger charge is 2.12. The Morgan fingerprint density at radius 3 is 2.89 bits per heavy atom. The van der Waals surface area contributed by atoms with E-state index >= 15 is 0 Å². The predicted octanol–water partition coefficient (Wildman–Crippen LogP) is 4.79. The first-order chi connectivity index (χ1) is 13.2. The molecule has 0 spiro atoms. The van der Waals surface area contributed by atoms with Gasteiger partial charge in [-0.2, -0.15) is 0 Å². The largest absolute Gasteiger partial charge is 0.491 e. The summed E-state index contributed by atoms with van der Waals surface area (Å²) in [4.78, 5) is 17.1. The summed E-state index contributed by atoms with van der Waals surface area (Å²) in [5.74, 6) is 0.238. The molecule has 0 bridgehead atoms. The Bertz CT molecular complexity index is 1100. The van der Waals surface area contributed by atoms with E-state index < -0.39 is 0 Å². The average molecular weight is 380 g/mol. The summed E-state index contributed by atoms with van der Waals surface area (Å²) in [5.41, 5.74) is 0.830. The van der Waals surface area contributed by atoms with Gasteiger partial charge in [0.15, 0.2) is 0 Å². The van der Waals surface area contributed by atoms with Crippen LogP contribution in [0.2, 0.25) is 0 Å². The van der Waals surface area contributed by atoms with Crippen molar-refractivity contribution >= 4 is 38.2 Å². The molecule has 0 radical (unpaired) electrons. The summed E-state index contributed by atoms with van der Waals surface area (Å²) >= 11 is 1.29. The van der Waals surface area contributed by atoms with Crippen LogP contribution in [-0.2, 0) is 0 Å². The molecule has 0 unspecified atom stereocenters. The Morgan fingerprint density at radius 2 is 2.00 bits per heavy atom. The number of hydrogen-bond acceptors (Lipinski definition) is 4. The number of fused-ring (bicyclic) bond motifs is 2. The Balaban J connectivity index is 1.30. The average Bonchev–Trinajstić information content (AvgIpc) is 3.14. The highest BCUT2D eigenvalue weighted by Crippen LogP contribution is 2.27. The van der Waals surface area contributed by atoms with Crippen LogP contribution in [-0.4, -0.2) is 24.0 Å². The Kier molecular flexibility index (Phi) is 4.98. The topological polar surface area (TPSA) is 51.2 Å². The lowest BCUT2D eigenvalue weighted by Gasteiger charge is -2.09. The molecule has 0 saturated heterocycles. The molecular weight excluding hydrogens is 363 g/mol. The molecule has 4 rings (SSSR count). The smallest absolute Gasteiger partial charge is 0.261 e. The molecule has 2 aromatic carbocycles. The normalized spacial score (nSPS) is 11.0. The third kappa shape index (κ3) is 3.75. The summed E-state index contributed by atoms with van der Waals surface area (Å²) in [7, 11) is 0. The number of rotatable bonds is 6. The van der Waals surface area contributed by atoms with Gasteiger partial charge in [-0.1, -0.05) is 24.3 Å². The second-order valence-electron chi connectivity index (χ2n) is 6.05. The number of hydrogen-bond donors (Lipinski definition) is 1. The molecule has 0 aliphatic carbocycles. The monoisotopic (exact) mass is 380 g/mol. The lowest BCUT2D eigenvalue weighted by atomic mass is 10.2. The standard InChI is InChI=1S/C21H17FN2O2S/c22-16-7-2-9-18-15(16)13-19(27-18)21(25)24-11-4-12-26-17-8-1-5-14-6-3-10-23-20(14)17/h1-3,5-10,13H,4,11-12H2,(H,24,25). The fraction of sp³-hybridized carbons (Fsp3) is 0.143. The maximum atomic E-state index is 13.7. The molecule has 0 aliphatic rings. The van der Waals surface area contributed by atoms with Crippen molar-refractivity contribution in [1.29, 1.82) is 0 Å². The number of benzene rings is 2. The molecule has 2 heterocycles. The zero-order valence-electron chi connectivity index (χ0n) is 14.4. The second-order valence-corrected chi connectivity index (χ2v) is 7.14. The minimum atomic E-state index is -0.306. The van der Waals surface area contributed by atoms with Gasteiger partial charge >= 0.3 is 0 Å². The SMILES string of the molecule is O=C(NCCCOc1cccc2cccnc12)c1cc2c(F)cccc2s1. The summed E-state index contributed by atoms with van der Waals surface area (Å²) < 4.78 is 20.3. The van der Waals surface area contributed by atoms with Crippen LogP contribution in [0.4, 0.5) is 4.39 Å². The van der Waals surface area contributed by atoms with Crippen molar-refractivity contribution in [2.75, 3.05) is 13.2 Å². The molecular formula is C21H17FN2O2S. The second kappa shape index (κ2) is 7.72. The lowest BCUT2D eigenvalue weighted by Crippen LogP contribution is -2.24. The molecule has 4 aromatic rings. The zero-order valence-corrected chi connectivity index (χ0v) is 15.3. The van der Waals surface area contributed by atoms with Crippen LogP contribution in [0.5, 0.6) is 5.75 Å². The van der Waals surface area contributed by atoms with Crippen LogP contribution >= 0.6 is 11.3 Å². The van der Waals surface area contributed by atoms with E-state index in [9.17, 15) is 9.18 Å². The van der Waals surface area contributed by atoms with Gasteiger partial charge < -0.3 is 10.1 Å². The van der Waals surface area contributed by atoms with Crippen LogP contribution in [0.25, 0.3) is 21.0 Å². The molecule has 136 valence electrons. The van der Waals surface area contributed by atoms with Crippen LogP contribution in [0, 0.1) is 5.82 Å². The number of thiophene rings is 1. The van der Waals surface area contributed by atoms with Crippen molar-refractivity contribution in [2.24, 2.45) is 0 Å². The minimum Gasteiger partial charge on any atom is -0.491 e. The van der Waals surface area contributed by atoms with Crippen molar-refractivity contribution < 1.29 is 13.9 Å². The number of amides is 1. The van der Waals surface area contributed by atoms with Gasteiger partial charge in [0.1, 0.15) is 17.1 Å². The Hall–Kier alpha value is -2.99. The molecule has 1 amide bonds. The summed E-state index contributed by atoms with van der Waals surface area (Å²) in [6.07, 6.45) is 2.40. The number of aromatic nitrogens is 1. The van der Waals surface area contributed by atoms with Gasteiger partial charge in [0.05, 0.1) is 11.5 Å².